The molecule has 32 heavy (non-hydrogen) atoms. The van der Waals surface area contributed by atoms with Gasteiger partial charge in [0, 0.05) is 5.69 Å². The van der Waals surface area contributed by atoms with Gasteiger partial charge in [0.25, 0.3) is 0 Å². The van der Waals surface area contributed by atoms with Crippen LogP contribution in [0.1, 0.15) is 49.3 Å². The molecule has 0 spiro atoms. The number of carbonyl (C=O) groups is 1. The van der Waals surface area contributed by atoms with E-state index in [1.807, 2.05) is 73.3 Å². The lowest BCUT2D eigenvalue weighted by molar-refractivity contribution is -0.120. The molecule has 168 valence electrons. The summed E-state index contributed by atoms with van der Waals surface area (Å²) in [4.78, 5) is 15.7. The number of carbonyl (C=O) groups excluding carboxylic acids is 1. The van der Waals surface area contributed by atoms with E-state index >= 15 is 0 Å². The molecular formula is C28H33NO3. The number of hydrogen-bond donors (Lipinski definition) is 0. The molecule has 0 N–H and O–H groups in total. The number of methoxy groups -OCH3 is 2. The third-order valence-corrected chi connectivity index (χ3v) is 5.82. The number of fused-ring (bicyclic) bond motifs is 1. The number of benzene rings is 3. The first kappa shape index (κ1) is 23.4. The molecule has 4 nitrogen and oxygen atoms in total. The number of aryl methyl sites for hydroxylation is 1. The van der Waals surface area contributed by atoms with Gasteiger partial charge in [0.2, 0.25) is 5.91 Å². The Labute approximate surface area is 191 Å². The maximum absolute atomic E-state index is 13.8. The summed E-state index contributed by atoms with van der Waals surface area (Å²) in [5.41, 5.74) is 4.40. The molecule has 3 aromatic carbocycles. The van der Waals surface area contributed by atoms with E-state index in [1.54, 1.807) is 14.2 Å². The van der Waals surface area contributed by atoms with Crippen molar-refractivity contribution in [3.8, 4) is 11.5 Å². The molecule has 3 aromatic rings. The van der Waals surface area contributed by atoms with E-state index in [0.29, 0.717) is 6.54 Å². The first-order valence-corrected chi connectivity index (χ1v) is 11.4. The second kappa shape index (κ2) is 11.4. The molecule has 0 saturated heterocycles. The molecule has 0 radical (unpaired) electrons. The van der Waals surface area contributed by atoms with Gasteiger partial charge in [0.05, 0.1) is 26.7 Å². The first-order chi connectivity index (χ1) is 15.7. The highest BCUT2D eigenvalue weighted by Crippen LogP contribution is 2.35. The minimum atomic E-state index is -0.115. The fourth-order valence-corrected chi connectivity index (χ4v) is 4.17. The van der Waals surface area contributed by atoms with Crippen LogP contribution >= 0.6 is 0 Å². The highest BCUT2D eigenvalue weighted by atomic mass is 16.5. The standard InChI is InChI=1S/C26H27NO3.C2H6/c1-29-22-14-10-19(11-15-22)18-27(21-12-16-23(30-2)17-13-21)26(28)25-9-5-7-20-6-3-4-8-24(20)25;1-2/h3-4,6,8,10-17,25H,5,7,9,18H2,1-2H3;1-2H3. The zero-order chi connectivity index (χ0) is 22.9. The van der Waals surface area contributed by atoms with Gasteiger partial charge < -0.3 is 14.4 Å². The van der Waals surface area contributed by atoms with Gasteiger partial charge in [-0.1, -0.05) is 50.2 Å². The molecule has 0 bridgehead atoms. The molecule has 4 heteroatoms. The van der Waals surface area contributed by atoms with Crippen LogP contribution in [-0.2, 0) is 17.8 Å². The Morgan fingerprint density at radius 2 is 1.47 bits per heavy atom. The van der Waals surface area contributed by atoms with Crippen molar-refractivity contribution < 1.29 is 14.3 Å². The van der Waals surface area contributed by atoms with Gasteiger partial charge in [-0.3, -0.25) is 4.79 Å². The monoisotopic (exact) mass is 431 g/mol. The summed E-state index contributed by atoms with van der Waals surface area (Å²) in [5.74, 6) is 1.61. The Morgan fingerprint density at radius 1 is 0.875 bits per heavy atom. The van der Waals surface area contributed by atoms with Crippen molar-refractivity contribution in [2.24, 2.45) is 0 Å². The van der Waals surface area contributed by atoms with E-state index in [-0.39, 0.29) is 11.8 Å². The maximum Gasteiger partial charge on any atom is 0.234 e. The average Bonchev–Trinajstić information content (AvgIpc) is 2.88. The topological polar surface area (TPSA) is 38.8 Å². The molecule has 0 saturated carbocycles. The minimum Gasteiger partial charge on any atom is -0.497 e. The van der Waals surface area contributed by atoms with Crippen LogP contribution in [0.15, 0.2) is 72.8 Å². The summed E-state index contributed by atoms with van der Waals surface area (Å²) in [7, 11) is 3.30. The molecule has 4 rings (SSSR count). The zero-order valence-electron chi connectivity index (χ0n) is 19.5. The minimum absolute atomic E-state index is 0.115. The van der Waals surface area contributed by atoms with E-state index in [4.69, 9.17) is 9.47 Å². The average molecular weight is 432 g/mol. The van der Waals surface area contributed by atoms with Crippen molar-refractivity contribution in [3.05, 3.63) is 89.5 Å². The van der Waals surface area contributed by atoms with Crippen molar-refractivity contribution in [2.45, 2.75) is 45.6 Å². The molecule has 1 aliphatic rings. The maximum atomic E-state index is 13.8. The van der Waals surface area contributed by atoms with Crippen LogP contribution in [0.4, 0.5) is 5.69 Å². The van der Waals surface area contributed by atoms with Crippen LogP contribution in [0, 0.1) is 0 Å². The summed E-state index contributed by atoms with van der Waals surface area (Å²) in [5, 5.41) is 0. The van der Waals surface area contributed by atoms with Crippen molar-refractivity contribution in [3.63, 3.8) is 0 Å². The van der Waals surface area contributed by atoms with Gasteiger partial charge in [-0.05, 0) is 72.4 Å². The zero-order valence-corrected chi connectivity index (χ0v) is 19.5. The number of rotatable bonds is 6. The fraction of sp³-hybridized carbons (Fsp3) is 0.321. The quantitative estimate of drug-likeness (QED) is 0.454. The number of amides is 1. The van der Waals surface area contributed by atoms with Crippen LogP contribution in [0.3, 0.4) is 0 Å². The van der Waals surface area contributed by atoms with Gasteiger partial charge >= 0.3 is 0 Å². The molecule has 0 aliphatic heterocycles. The third-order valence-electron chi connectivity index (χ3n) is 5.82. The summed E-state index contributed by atoms with van der Waals surface area (Å²) < 4.78 is 10.6. The Hall–Kier alpha value is -3.27. The Balaban J connectivity index is 0.00000141. The largest absolute Gasteiger partial charge is 0.497 e. The molecule has 0 heterocycles. The lowest BCUT2D eigenvalue weighted by Crippen LogP contribution is -2.36. The van der Waals surface area contributed by atoms with Crippen LogP contribution in [-0.4, -0.2) is 20.1 Å². The number of ether oxygens (including phenoxy) is 2. The highest BCUT2D eigenvalue weighted by Gasteiger charge is 2.30. The second-order valence-electron chi connectivity index (χ2n) is 7.61. The van der Waals surface area contributed by atoms with E-state index in [0.717, 1.165) is 42.0 Å². The normalized spacial score (nSPS) is 14.4. The Kier molecular flexibility index (Phi) is 8.32. The van der Waals surface area contributed by atoms with E-state index in [1.165, 1.54) is 11.1 Å². The Morgan fingerprint density at radius 3 is 2.09 bits per heavy atom. The van der Waals surface area contributed by atoms with Crippen LogP contribution < -0.4 is 14.4 Å². The summed E-state index contributed by atoms with van der Waals surface area (Å²) >= 11 is 0. The number of nitrogens with zero attached hydrogens (tertiary/aromatic N) is 1. The van der Waals surface area contributed by atoms with Gasteiger partial charge in [-0.2, -0.15) is 0 Å². The van der Waals surface area contributed by atoms with E-state index in [9.17, 15) is 4.79 Å². The number of hydrogen-bond acceptors (Lipinski definition) is 3. The summed E-state index contributed by atoms with van der Waals surface area (Å²) in [6.07, 6.45) is 2.96. The van der Waals surface area contributed by atoms with Crippen molar-refractivity contribution in [1.82, 2.24) is 0 Å². The predicted molar refractivity (Wildman–Crippen MR) is 131 cm³/mol. The second-order valence-corrected chi connectivity index (χ2v) is 7.61. The van der Waals surface area contributed by atoms with Crippen LogP contribution in [0.2, 0.25) is 0 Å². The van der Waals surface area contributed by atoms with Gasteiger partial charge in [0.1, 0.15) is 11.5 Å². The fourth-order valence-electron chi connectivity index (χ4n) is 4.17. The van der Waals surface area contributed by atoms with Crippen molar-refractivity contribution >= 4 is 11.6 Å². The lowest BCUT2D eigenvalue weighted by atomic mass is 9.82. The van der Waals surface area contributed by atoms with Crippen molar-refractivity contribution in [2.75, 3.05) is 19.1 Å². The van der Waals surface area contributed by atoms with Gasteiger partial charge in [0.15, 0.2) is 0 Å². The van der Waals surface area contributed by atoms with Crippen LogP contribution in [0.25, 0.3) is 0 Å². The molecular weight excluding hydrogens is 398 g/mol. The molecule has 1 amide bonds. The lowest BCUT2D eigenvalue weighted by Gasteiger charge is -2.31. The molecule has 0 aromatic heterocycles. The van der Waals surface area contributed by atoms with E-state index < -0.39 is 0 Å². The Bertz CT molecular complexity index is 996. The van der Waals surface area contributed by atoms with E-state index in [2.05, 4.69) is 18.2 Å². The molecule has 1 aliphatic carbocycles. The van der Waals surface area contributed by atoms with Gasteiger partial charge in [-0.25, -0.2) is 0 Å². The molecule has 1 unspecified atom stereocenters. The third kappa shape index (κ3) is 5.31. The smallest absolute Gasteiger partial charge is 0.234 e. The predicted octanol–water partition coefficient (Wildman–Crippen LogP) is 6.38. The molecule has 0 fully saturated rings. The first-order valence-electron chi connectivity index (χ1n) is 11.4. The SMILES string of the molecule is CC.COc1ccc(CN(C(=O)C2CCCc3ccccc32)c2ccc(OC)cc2)cc1. The van der Waals surface area contributed by atoms with Gasteiger partial charge in [-0.15, -0.1) is 0 Å². The molecule has 1 atom stereocenters. The van der Waals surface area contributed by atoms with Crippen LogP contribution in [0.5, 0.6) is 11.5 Å². The summed E-state index contributed by atoms with van der Waals surface area (Å²) in [6, 6.07) is 23.9. The number of anilines is 1. The van der Waals surface area contributed by atoms with Crippen molar-refractivity contribution in [1.29, 1.82) is 0 Å². The highest BCUT2D eigenvalue weighted by molar-refractivity contribution is 5.98. The summed E-state index contributed by atoms with van der Waals surface area (Å²) in [6.45, 7) is 4.51.